The van der Waals surface area contributed by atoms with Gasteiger partial charge < -0.3 is 11.1 Å². The number of hydrogen-bond acceptors (Lipinski definition) is 3. The molecule has 0 bridgehead atoms. The van der Waals surface area contributed by atoms with Gasteiger partial charge in [0.15, 0.2) is 0 Å². The van der Waals surface area contributed by atoms with E-state index in [9.17, 15) is 4.79 Å². The molecule has 0 aliphatic carbocycles. The van der Waals surface area contributed by atoms with Crippen LogP contribution in [0.3, 0.4) is 0 Å². The SMILES string of the molecule is CC(C)CCC(C)NC(=O)CN1CC(CN)CCC1C. The molecule has 4 nitrogen and oxygen atoms in total. The molecule has 1 saturated heterocycles. The van der Waals surface area contributed by atoms with Crippen LogP contribution in [0.2, 0.25) is 0 Å². The second kappa shape index (κ2) is 8.63. The van der Waals surface area contributed by atoms with Gasteiger partial charge in [0, 0.05) is 18.6 Å². The molecule has 1 aliphatic rings. The van der Waals surface area contributed by atoms with Crippen molar-refractivity contribution in [1.29, 1.82) is 0 Å². The number of carbonyl (C=O) groups is 1. The summed E-state index contributed by atoms with van der Waals surface area (Å²) in [5.41, 5.74) is 5.76. The van der Waals surface area contributed by atoms with Crippen molar-refractivity contribution in [2.75, 3.05) is 19.6 Å². The number of carbonyl (C=O) groups excluding carboxylic acids is 1. The van der Waals surface area contributed by atoms with Crippen molar-refractivity contribution in [3.8, 4) is 0 Å². The molecular weight excluding hydrogens is 250 g/mol. The van der Waals surface area contributed by atoms with Gasteiger partial charge in [0.1, 0.15) is 0 Å². The fourth-order valence-corrected chi connectivity index (χ4v) is 2.84. The highest BCUT2D eigenvalue weighted by Crippen LogP contribution is 2.20. The first-order chi connectivity index (χ1) is 9.42. The third-order valence-electron chi connectivity index (χ3n) is 4.37. The highest BCUT2D eigenvalue weighted by Gasteiger charge is 2.26. The highest BCUT2D eigenvalue weighted by molar-refractivity contribution is 5.78. The van der Waals surface area contributed by atoms with Crippen molar-refractivity contribution >= 4 is 5.91 Å². The van der Waals surface area contributed by atoms with Crippen molar-refractivity contribution < 1.29 is 4.79 Å². The Labute approximate surface area is 124 Å². The number of likely N-dealkylation sites (tertiary alicyclic amines) is 1. The van der Waals surface area contributed by atoms with Crippen LogP contribution in [-0.4, -0.2) is 42.5 Å². The third kappa shape index (κ3) is 6.23. The standard InChI is InChI=1S/C16H33N3O/c1-12(2)5-6-13(3)18-16(20)11-19-10-15(9-17)8-7-14(19)4/h12-15H,5-11,17H2,1-4H3,(H,18,20). The largest absolute Gasteiger partial charge is 0.353 e. The number of piperidine rings is 1. The van der Waals surface area contributed by atoms with Gasteiger partial charge in [0.2, 0.25) is 5.91 Å². The number of hydrogen-bond donors (Lipinski definition) is 2. The van der Waals surface area contributed by atoms with Crippen LogP contribution in [0.15, 0.2) is 0 Å². The van der Waals surface area contributed by atoms with Gasteiger partial charge in [-0.25, -0.2) is 0 Å². The molecule has 0 radical (unpaired) electrons. The first kappa shape index (κ1) is 17.4. The van der Waals surface area contributed by atoms with Crippen molar-refractivity contribution in [1.82, 2.24) is 10.2 Å². The average molecular weight is 283 g/mol. The molecule has 0 aromatic heterocycles. The Morgan fingerprint density at radius 1 is 1.30 bits per heavy atom. The lowest BCUT2D eigenvalue weighted by Crippen LogP contribution is -2.49. The summed E-state index contributed by atoms with van der Waals surface area (Å²) >= 11 is 0. The van der Waals surface area contributed by atoms with Gasteiger partial charge >= 0.3 is 0 Å². The molecule has 0 spiro atoms. The van der Waals surface area contributed by atoms with Crippen LogP contribution in [0.25, 0.3) is 0 Å². The molecule has 1 fully saturated rings. The summed E-state index contributed by atoms with van der Waals surface area (Å²) in [6, 6.07) is 0.768. The van der Waals surface area contributed by atoms with Gasteiger partial charge in [-0.15, -0.1) is 0 Å². The Bertz CT molecular complexity index is 293. The van der Waals surface area contributed by atoms with E-state index in [4.69, 9.17) is 5.73 Å². The summed E-state index contributed by atoms with van der Waals surface area (Å²) < 4.78 is 0. The molecule has 0 aromatic carbocycles. The van der Waals surface area contributed by atoms with Gasteiger partial charge in [0.25, 0.3) is 0 Å². The average Bonchev–Trinajstić information content (AvgIpc) is 2.39. The molecule has 4 heteroatoms. The molecule has 1 heterocycles. The van der Waals surface area contributed by atoms with Crippen LogP contribution in [-0.2, 0) is 4.79 Å². The van der Waals surface area contributed by atoms with E-state index in [2.05, 4.69) is 37.9 Å². The van der Waals surface area contributed by atoms with Gasteiger partial charge in [-0.2, -0.15) is 0 Å². The van der Waals surface area contributed by atoms with E-state index in [0.717, 1.165) is 32.4 Å². The first-order valence-corrected chi connectivity index (χ1v) is 8.15. The topological polar surface area (TPSA) is 58.4 Å². The summed E-state index contributed by atoms with van der Waals surface area (Å²) in [5, 5.41) is 3.12. The summed E-state index contributed by atoms with van der Waals surface area (Å²) in [4.78, 5) is 14.4. The van der Waals surface area contributed by atoms with E-state index in [1.165, 1.54) is 6.42 Å². The fourth-order valence-electron chi connectivity index (χ4n) is 2.84. The van der Waals surface area contributed by atoms with Crippen molar-refractivity contribution in [2.45, 2.75) is 65.5 Å². The van der Waals surface area contributed by atoms with Crippen LogP contribution in [0.4, 0.5) is 0 Å². The van der Waals surface area contributed by atoms with E-state index >= 15 is 0 Å². The lowest BCUT2D eigenvalue weighted by atomic mass is 9.93. The predicted octanol–water partition coefficient (Wildman–Crippen LogP) is 1.99. The van der Waals surface area contributed by atoms with Crippen molar-refractivity contribution in [3.05, 3.63) is 0 Å². The molecule has 0 saturated carbocycles. The number of nitrogens with one attached hydrogen (secondary N) is 1. The van der Waals surface area contributed by atoms with E-state index < -0.39 is 0 Å². The quantitative estimate of drug-likeness (QED) is 0.751. The first-order valence-electron chi connectivity index (χ1n) is 8.15. The Balaban J connectivity index is 2.33. The molecule has 0 aromatic rings. The Morgan fingerprint density at radius 2 is 2.00 bits per heavy atom. The Morgan fingerprint density at radius 3 is 2.60 bits per heavy atom. The molecule has 3 unspecified atom stereocenters. The third-order valence-corrected chi connectivity index (χ3v) is 4.37. The van der Waals surface area contributed by atoms with Crippen LogP contribution >= 0.6 is 0 Å². The number of nitrogens with two attached hydrogens (primary N) is 1. The predicted molar refractivity (Wildman–Crippen MR) is 84.5 cm³/mol. The minimum Gasteiger partial charge on any atom is -0.353 e. The number of nitrogens with zero attached hydrogens (tertiary/aromatic N) is 1. The molecule has 1 rings (SSSR count). The van der Waals surface area contributed by atoms with Gasteiger partial charge in [-0.05, 0) is 57.9 Å². The second-order valence-corrected chi connectivity index (χ2v) is 6.90. The minimum atomic E-state index is 0.158. The van der Waals surface area contributed by atoms with E-state index in [0.29, 0.717) is 24.4 Å². The smallest absolute Gasteiger partial charge is 0.234 e. The fraction of sp³-hybridized carbons (Fsp3) is 0.938. The van der Waals surface area contributed by atoms with Crippen molar-refractivity contribution in [3.63, 3.8) is 0 Å². The van der Waals surface area contributed by atoms with E-state index in [-0.39, 0.29) is 11.9 Å². The number of rotatable bonds is 7. The molecule has 1 amide bonds. The molecule has 3 atom stereocenters. The molecular formula is C16H33N3O. The monoisotopic (exact) mass is 283 g/mol. The maximum Gasteiger partial charge on any atom is 0.234 e. The zero-order valence-corrected chi connectivity index (χ0v) is 13.7. The van der Waals surface area contributed by atoms with Gasteiger partial charge in [0.05, 0.1) is 6.54 Å². The maximum atomic E-state index is 12.1. The molecule has 3 N–H and O–H groups in total. The van der Waals surface area contributed by atoms with Crippen LogP contribution < -0.4 is 11.1 Å². The Kier molecular flexibility index (Phi) is 7.52. The number of amides is 1. The zero-order valence-electron chi connectivity index (χ0n) is 13.7. The summed E-state index contributed by atoms with van der Waals surface area (Å²) in [7, 11) is 0. The maximum absolute atomic E-state index is 12.1. The summed E-state index contributed by atoms with van der Waals surface area (Å²) in [6.45, 7) is 11.0. The molecule has 118 valence electrons. The second-order valence-electron chi connectivity index (χ2n) is 6.90. The van der Waals surface area contributed by atoms with Crippen molar-refractivity contribution in [2.24, 2.45) is 17.6 Å². The zero-order chi connectivity index (χ0) is 15.1. The van der Waals surface area contributed by atoms with Crippen LogP contribution in [0.1, 0.15) is 53.4 Å². The van der Waals surface area contributed by atoms with Gasteiger partial charge in [-0.3, -0.25) is 9.69 Å². The molecule has 20 heavy (non-hydrogen) atoms. The van der Waals surface area contributed by atoms with Gasteiger partial charge in [-0.1, -0.05) is 13.8 Å². The van der Waals surface area contributed by atoms with Crippen LogP contribution in [0, 0.1) is 11.8 Å². The van der Waals surface area contributed by atoms with E-state index in [1.807, 2.05) is 0 Å². The summed E-state index contributed by atoms with van der Waals surface area (Å²) in [5.74, 6) is 1.41. The van der Waals surface area contributed by atoms with E-state index in [1.54, 1.807) is 0 Å². The minimum absolute atomic E-state index is 0.158. The lowest BCUT2D eigenvalue weighted by Gasteiger charge is -2.37. The lowest BCUT2D eigenvalue weighted by molar-refractivity contribution is -0.124. The molecule has 1 aliphatic heterocycles. The Hall–Kier alpha value is -0.610. The van der Waals surface area contributed by atoms with Crippen LogP contribution in [0.5, 0.6) is 0 Å². The highest BCUT2D eigenvalue weighted by atomic mass is 16.2. The normalized spacial score (nSPS) is 25.7. The summed E-state index contributed by atoms with van der Waals surface area (Å²) in [6.07, 6.45) is 4.57.